The Kier molecular flexibility index (Phi) is 4.50. The average Bonchev–Trinajstić information content (AvgIpc) is 3.26. The van der Waals surface area contributed by atoms with Gasteiger partial charge in [0.2, 0.25) is 0 Å². The van der Waals surface area contributed by atoms with Crippen molar-refractivity contribution in [3.8, 4) is 0 Å². The Morgan fingerprint density at radius 1 is 1.38 bits per heavy atom. The number of halogens is 1. The van der Waals surface area contributed by atoms with Crippen LogP contribution in [0.5, 0.6) is 0 Å². The molecule has 138 valence electrons. The number of rotatable bonds is 2. The molecule has 0 saturated carbocycles. The number of ether oxygens (including phenoxy) is 1. The molecule has 1 fully saturated rings. The molecule has 0 aromatic carbocycles. The maximum atomic E-state index is 12.6. The Morgan fingerprint density at radius 3 is 2.81 bits per heavy atom. The number of carbonyl (C=O) groups is 2. The van der Waals surface area contributed by atoms with E-state index in [1.54, 1.807) is 19.2 Å². The smallest absolute Gasteiger partial charge is 0.271 e. The topological polar surface area (TPSA) is 76.5 Å². The predicted octanol–water partition coefficient (Wildman–Crippen LogP) is 2.16. The van der Waals surface area contributed by atoms with Gasteiger partial charge in [0.15, 0.2) is 5.69 Å². The maximum absolute atomic E-state index is 12.6. The highest BCUT2D eigenvalue weighted by Gasteiger charge is 2.41. The lowest BCUT2D eigenvalue weighted by atomic mass is 9.90. The molecule has 0 radical (unpaired) electrons. The molecule has 0 atom stereocenters. The lowest BCUT2D eigenvalue weighted by molar-refractivity contribution is -0.119. The number of hydrogen-bond donors (Lipinski definition) is 1. The fourth-order valence-corrected chi connectivity index (χ4v) is 4.61. The van der Waals surface area contributed by atoms with Gasteiger partial charge in [-0.05, 0) is 30.4 Å². The minimum absolute atomic E-state index is 0.0164. The van der Waals surface area contributed by atoms with E-state index in [2.05, 4.69) is 10.4 Å². The summed E-state index contributed by atoms with van der Waals surface area (Å²) in [5.74, 6) is -0.216. The zero-order chi connectivity index (χ0) is 18.3. The van der Waals surface area contributed by atoms with Crippen LogP contribution in [0.25, 0.3) is 0 Å². The second kappa shape index (κ2) is 6.68. The number of likely N-dealkylation sites (tertiary alicyclic amines) is 1. The fourth-order valence-electron chi connectivity index (χ4n) is 3.50. The molecule has 2 aliphatic rings. The highest BCUT2D eigenvalue weighted by atomic mass is 35.5. The van der Waals surface area contributed by atoms with Gasteiger partial charge in [-0.1, -0.05) is 11.6 Å². The largest absolute Gasteiger partial charge is 0.367 e. The van der Waals surface area contributed by atoms with E-state index < -0.39 is 0 Å². The van der Waals surface area contributed by atoms with Gasteiger partial charge in [-0.3, -0.25) is 14.3 Å². The van der Waals surface area contributed by atoms with Gasteiger partial charge in [0.1, 0.15) is 4.88 Å². The molecule has 0 aliphatic carbocycles. The zero-order valence-electron chi connectivity index (χ0n) is 14.3. The van der Waals surface area contributed by atoms with E-state index in [1.807, 2.05) is 15.0 Å². The van der Waals surface area contributed by atoms with Gasteiger partial charge >= 0.3 is 0 Å². The Morgan fingerprint density at radius 2 is 2.15 bits per heavy atom. The van der Waals surface area contributed by atoms with Crippen molar-refractivity contribution in [1.82, 2.24) is 20.0 Å². The average molecular weight is 395 g/mol. The van der Waals surface area contributed by atoms with Crippen LogP contribution in [0, 0.1) is 0 Å². The van der Waals surface area contributed by atoms with Crippen LogP contribution in [0.15, 0.2) is 17.5 Å². The summed E-state index contributed by atoms with van der Waals surface area (Å²) in [6.45, 7) is 2.26. The van der Waals surface area contributed by atoms with Crippen LogP contribution in [0.2, 0.25) is 5.02 Å². The van der Waals surface area contributed by atoms with Crippen LogP contribution in [0.4, 0.5) is 0 Å². The van der Waals surface area contributed by atoms with E-state index in [0.29, 0.717) is 41.8 Å². The van der Waals surface area contributed by atoms with Crippen LogP contribution in [-0.4, -0.2) is 52.2 Å². The lowest BCUT2D eigenvalue weighted by Gasteiger charge is -2.43. The zero-order valence-corrected chi connectivity index (χ0v) is 15.9. The van der Waals surface area contributed by atoms with E-state index in [-0.39, 0.29) is 17.4 Å². The Balaban J connectivity index is 1.44. The summed E-state index contributed by atoms with van der Waals surface area (Å²) in [5, 5.41) is 9.33. The minimum atomic E-state index is -0.338. The first-order valence-electron chi connectivity index (χ1n) is 8.46. The van der Waals surface area contributed by atoms with Crippen molar-refractivity contribution >= 4 is 34.8 Å². The first-order chi connectivity index (χ1) is 12.5. The highest BCUT2D eigenvalue weighted by molar-refractivity contribution is 7.12. The first kappa shape index (κ1) is 17.5. The van der Waals surface area contributed by atoms with Crippen LogP contribution in [0.3, 0.4) is 0 Å². The van der Waals surface area contributed by atoms with E-state index >= 15 is 0 Å². The second-order valence-corrected chi connectivity index (χ2v) is 7.94. The summed E-state index contributed by atoms with van der Waals surface area (Å²) < 4.78 is 8.01. The molecule has 9 heteroatoms. The summed E-state index contributed by atoms with van der Waals surface area (Å²) in [5.41, 5.74) is 0.968. The number of amides is 2. The quantitative estimate of drug-likeness (QED) is 0.846. The molecule has 0 unspecified atom stereocenters. The van der Waals surface area contributed by atoms with Crippen molar-refractivity contribution in [2.75, 3.05) is 20.1 Å². The molecule has 1 N–H and O–H groups in total. The number of thiophene rings is 1. The molecule has 0 bridgehead atoms. The van der Waals surface area contributed by atoms with Gasteiger partial charge in [-0.15, -0.1) is 11.3 Å². The van der Waals surface area contributed by atoms with Gasteiger partial charge in [0.05, 0.1) is 29.5 Å². The third kappa shape index (κ3) is 3.02. The molecule has 1 saturated heterocycles. The van der Waals surface area contributed by atoms with Gasteiger partial charge in [0, 0.05) is 20.1 Å². The van der Waals surface area contributed by atoms with Gasteiger partial charge in [-0.2, -0.15) is 5.10 Å². The molecule has 7 nitrogen and oxygen atoms in total. The SMILES string of the molecule is CNC(=O)c1cc2n(n1)CC1(CCN(C(=O)c3sccc3Cl)CC1)OC2. The molecule has 2 aliphatic heterocycles. The third-order valence-corrected chi connectivity index (χ3v) is 6.39. The molecule has 4 heterocycles. The summed E-state index contributed by atoms with van der Waals surface area (Å²) in [4.78, 5) is 26.8. The van der Waals surface area contributed by atoms with Crippen molar-refractivity contribution in [2.45, 2.75) is 31.6 Å². The summed E-state index contributed by atoms with van der Waals surface area (Å²) in [7, 11) is 1.59. The minimum Gasteiger partial charge on any atom is -0.367 e. The number of piperidine rings is 1. The molecule has 2 amide bonds. The van der Waals surface area contributed by atoms with Crippen LogP contribution in [-0.2, 0) is 17.9 Å². The van der Waals surface area contributed by atoms with Crippen LogP contribution in [0.1, 0.15) is 38.7 Å². The molecule has 2 aromatic rings. The lowest BCUT2D eigenvalue weighted by Crippen LogP contribution is -2.52. The maximum Gasteiger partial charge on any atom is 0.271 e. The van der Waals surface area contributed by atoms with E-state index in [4.69, 9.17) is 16.3 Å². The van der Waals surface area contributed by atoms with Crippen molar-refractivity contribution in [3.05, 3.63) is 38.8 Å². The number of nitrogens with zero attached hydrogens (tertiary/aromatic N) is 3. The summed E-state index contributed by atoms with van der Waals surface area (Å²) in [6.07, 6.45) is 1.46. The molecular formula is C17H19ClN4O3S. The third-order valence-electron chi connectivity index (χ3n) is 5.06. The Hall–Kier alpha value is -1.90. The predicted molar refractivity (Wildman–Crippen MR) is 97.6 cm³/mol. The van der Waals surface area contributed by atoms with Crippen molar-refractivity contribution in [1.29, 1.82) is 0 Å². The normalized spacial score (nSPS) is 18.6. The van der Waals surface area contributed by atoms with E-state index in [1.165, 1.54) is 11.3 Å². The molecular weight excluding hydrogens is 376 g/mol. The number of hydrogen-bond acceptors (Lipinski definition) is 5. The Bertz CT molecular complexity index is 854. The monoisotopic (exact) mass is 394 g/mol. The van der Waals surface area contributed by atoms with Crippen molar-refractivity contribution < 1.29 is 14.3 Å². The standard InChI is InChI=1S/C17H19ClN4O3S/c1-19-15(23)13-8-11-9-25-17(10-22(11)20-13)3-5-21(6-4-17)16(24)14-12(18)2-7-26-14/h2,7-8H,3-6,9-10H2,1H3,(H,19,23). The first-order valence-corrected chi connectivity index (χ1v) is 9.72. The van der Waals surface area contributed by atoms with Gasteiger partial charge < -0.3 is 15.0 Å². The van der Waals surface area contributed by atoms with Crippen molar-refractivity contribution in [3.63, 3.8) is 0 Å². The second-order valence-electron chi connectivity index (χ2n) is 6.62. The molecule has 26 heavy (non-hydrogen) atoms. The summed E-state index contributed by atoms with van der Waals surface area (Å²) >= 11 is 7.46. The van der Waals surface area contributed by atoms with E-state index in [0.717, 1.165) is 18.5 Å². The molecule has 2 aromatic heterocycles. The van der Waals surface area contributed by atoms with Gasteiger partial charge in [0.25, 0.3) is 11.8 Å². The number of aromatic nitrogens is 2. The molecule has 1 spiro atoms. The molecule has 4 rings (SSSR count). The number of carbonyl (C=O) groups excluding carboxylic acids is 2. The van der Waals surface area contributed by atoms with E-state index in [9.17, 15) is 9.59 Å². The fraction of sp³-hybridized carbons (Fsp3) is 0.471. The van der Waals surface area contributed by atoms with Crippen LogP contribution >= 0.6 is 22.9 Å². The van der Waals surface area contributed by atoms with Gasteiger partial charge in [-0.25, -0.2) is 0 Å². The Labute approximate surface area is 159 Å². The van der Waals surface area contributed by atoms with Crippen molar-refractivity contribution in [2.24, 2.45) is 0 Å². The number of fused-ring (bicyclic) bond motifs is 1. The number of nitrogens with one attached hydrogen (secondary N) is 1. The highest BCUT2D eigenvalue weighted by Crippen LogP contribution is 2.34. The van der Waals surface area contributed by atoms with Crippen LogP contribution < -0.4 is 5.32 Å². The summed E-state index contributed by atoms with van der Waals surface area (Å²) in [6, 6.07) is 3.52.